The molecule has 0 unspecified atom stereocenters. The molecule has 90 valence electrons. The van der Waals surface area contributed by atoms with Crippen LogP contribution in [0, 0.1) is 16.7 Å². The fourth-order valence-electron chi connectivity index (χ4n) is 2.01. The maximum absolute atomic E-state index is 12.2. The number of amides is 1. The Labute approximate surface area is 110 Å². The van der Waals surface area contributed by atoms with Gasteiger partial charge in [0.05, 0.1) is 17.0 Å². The average Bonchev–Trinajstić information content (AvgIpc) is 2.63. The number of hydrogen-bond acceptors (Lipinski definition) is 3. The quantitative estimate of drug-likeness (QED) is 0.846. The minimum Gasteiger partial charge on any atom is -0.339 e. The first-order chi connectivity index (χ1) is 8.07. The van der Waals surface area contributed by atoms with Gasteiger partial charge in [-0.25, -0.2) is 0 Å². The molecule has 2 rings (SSSR count). The SMILES string of the molecule is CN(Cc1ccc(Cl)s1)C(=O)C1(C#N)CCC1. The van der Waals surface area contributed by atoms with Gasteiger partial charge in [0.15, 0.2) is 0 Å². The van der Waals surface area contributed by atoms with E-state index in [1.807, 2.05) is 12.1 Å². The lowest BCUT2D eigenvalue weighted by atomic mass is 9.69. The standard InChI is InChI=1S/C12H13ClN2OS/c1-15(7-9-3-4-10(13)17-9)11(16)12(8-14)5-2-6-12/h3-4H,2,5-7H2,1H3. The average molecular weight is 269 g/mol. The highest BCUT2D eigenvalue weighted by Gasteiger charge is 2.46. The van der Waals surface area contributed by atoms with Gasteiger partial charge in [-0.2, -0.15) is 5.26 Å². The fourth-order valence-corrected chi connectivity index (χ4v) is 3.15. The lowest BCUT2D eigenvalue weighted by molar-refractivity contribution is -0.142. The Hall–Kier alpha value is -1.05. The Bertz CT molecular complexity index is 473. The highest BCUT2D eigenvalue weighted by Crippen LogP contribution is 2.42. The number of hydrogen-bond donors (Lipinski definition) is 0. The van der Waals surface area contributed by atoms with E-state index in [1.54, 1.807) is 11.9 Å². The van der Waals surface area contributed by atoms with E-state index in [2.05, 4.69) is 6.07 Å². The van der Waals surface area contributed by atoms with Crippen LogP contribution in [0.5, 0.6) is 0 Å². The van der Waals surface area contributed by atoms with Crippen molar-refractivity contribution in [2.45, 2.75) is 25.8 Å². The molecule has 17 heavy (non-hydrogen) atoms. The monoisotopic (exact) mass is 268 g/mol. The molecule has 1 saturated carbocycles. The smallest absolute Gasteiger partial charge is 0.243 e. The molecule has 0 spiro atoms. The van der Waals surface area contributed by atoms with E-state index >= 15 is 0 Å². The Morgan fingerprint density at radius 1 is 1.65 bits per heavy atom. The second kappa shape index (κ2) is 4.67. The molecule has 0 N–H and O–H groups in total. The largest absolute Gasteiger partial charge is 0.339 e. The van der Waals surface area contributed by atoms with Crippen LogP contribution < -0.4 is 0 Å². The highest BCUT2D eigenvalue weighted by atomic mass is 35.5. The number of carbonyl (C=O) groups is 1. The summed E-state index contributed by atoms with van der Waals surface area (Å²) >= 11 is 7.31. The number of carbonyl (C=O) groups excluding carboxylic acids is 1. The van der Waals surface area contributed by atoms with Crippen molar-refractivity contribution in [3.05, 3.63) is 21.3 Å². The first-order valence-corrected chi connectivity index (χ1v) is 6.68. The molecule has 5 heteroatoms. The van der Waals surface area contributed by atoms with Crippen molar-refractivity contribution in [3.8, 4) is 6.07 Å². The van der Waals surface area contributed by atoms with Crippen molar-refractivity contribution in [1.29, 1.82) is 5.26 Å². The Balaban J connectivity index is 2.03. The summed E-state index contributed by atoms with van der Waals surface area (Å²) in [6, 6.07) is 5.91. The highest BCUT2D eigenvalue weighted by molar-refractivity contribution is 7.16. The van der Waals surface area contributed by atoms with Crippen molar-refractivity contribution >= 4 is 28.8 Å². The predicted molar refractivity (Wildman–Crippen MR) is 67.7 cm³/mol. The zero-order valence-electron chi connectivity index (χ0n) is 9.57. The van der Waals surface area contributed by atoms with Crippen LogP contribution in [-0.2, 0) is 11.3 Å². The number of rotatable bonds is 3. The van der Waals surface area contributed by atoms with Gasteiger partial charge in [-0.15, -0.1) is 11.3 Å². The Morgan fingerprint density at radius 2 is 2.35 bits per heavy atom. The van der Waals surface area contributed by atoms with Gasteiger partial charge in [0, 0.05) is 11.9 Å². The third-order valence-electron chi connectivity index (χ3n) is 3.20. The van der Waals surface area contributed by atoms with Crippen LogP contribution in [0.1, 0.15) is 24.1 Å². The molecular weight excluding hydrogens is 256 g/mol. The van der Waals surface area contributed by atoms with Crippen LogP contribution in [0.4, 0.5) is 0 Å². The van der Waals surface area contributed by atoms with Crippen LogP contribution in [0.3, 0.4) is 0 Å². The van der Waals surface area contributed by atoms with Crippen molar-refractivity contribution in [3.63, 3.8) is 0 Å². The normalized spacial score (nSPS) is 17.0. The summed E-state index contributed by atoms with van der Waals surface area (Å²) in [5, 5.41) is 9.11. The lowest BCUT2D eigenvalue weighted by Crippen LogP contribution is -2.45. The molecule has 1 aliphatic carbocycles. The van der Waals surface area contributed by atoms with Crippen molar-refractivity contribution in [2.75, 3.05) is 7.05 Å². The van der Waals surface area contributed by atoms with Crippen LogP contribution in [0.25, 0.3) is 0 Å². The first-order valence-electron chi connectivity index (χ1n) is 5.48. The van der Waals surface area contributed by atoms with Crippen molar-refractivity contribution in [1.82, 2.24) is 4.90 Å². The van der Waals surface area contributed by atoms with Gasteiger partial charge >= 0.3 is 0 Å². The lowest BCUT2D eigenvalue weighted by Gasteiger charge is -2.36. The molecule has 1 aromatic rings. The third-order valence-corrected chi connectivity index (χ3v) is 4.41. The predicted octanol–water partition coefficient (Wildman–Crippen LogP) is 3.05. The summed E-state index contributed by atoms with van der Waals surface area (Å²) in [6.45, 7) is 0.527. The van der Waals surface area contributed by atoms with Crippen LogP contribution >= 0.6 is 22.9 Å². The second-order valence-corrected chi connectivity index (χ2v) is 6.21. The molecule has 0 bridgehead atoms. The summed E-state index contributed by atoms with van der Waals surface area (Å²) in [6.07, 6.45) is 2.35. The van der Waals surface area contributed by atoms with E-state index in [0.717, 1.165) is 15.6 Å². The molecule has 0 atom stereocenters. The van der Waals surface area contributed by atoms with Crippen LogP contribution in [0.15, 0.2) is 12.1 Å². The summed E-state index contributed by atoms with van der Waals surface area (Å²) in [7, 11) is 1.74. The molecule has 0 aliphatic heterocycles. The van der Waals surface area contributed by atoms with E-state index in [4.69, 9.17) is 16.9 Å². The Morgan fingerprint density at radius 3 is 2.76 bits per heavy atom. The summed E-state index contributed by atoms with van der Waals surface area (Å²) in [5.74, 6) is -0.0595. The maximum Gasteiger partial charge on any atom is 0.243 e. The van der Waals surface area contributed by atoms with Crippen LogP contribution in [0.2, 0.25) is 4.34 Å². The van der Waals surface area contributed by atoms with Gasteiger partial charge in [-0.1, -0.05) is 11.6 Å². The molecular formula is C12H13ClN2OS. The van der Waals surface area contributed by atoms with Gasteiger partial charge in [-0.3, -0.25) is 4.79 Å². The van der Waals surface area contributed by atoms with Gasteiger partial charge < -0.3 is 4.90 Å². The number of thiophene rings is 1. The minimum atomic E-state index is -0.754. The summed E-state index contributed by atoms with van der Waals surface area (Å²) in [4.78, 5) is 14.8. The van der Waals surface area contributed by atoms with Gasteiger partial charge in [0.2, 0.25) is 5.91 Å². The maximum atomic E-state index is 12.2. The second-order valence-electron chi connectivity index (χ2n) is 4.41. The van der Waals surface area contributed by atoms with Gasteiger partial charge in [0.25, 0.3) is 0 Å². The van der Waals surface area contributed by atoms with E-state index in [9.17, 15) is 4.79 Å². The number of halogens is 1. The van der Waals surface area contributed by atoms with E-state index in [1.165, 1.54) is 11.3 Å². The van der Waals surface area contributed by atoms with E-state index in [-0.39, 0.29) is 5.91 Å². The fraction of sp³-hybridized carbons (Fsp3) is 0.500. The molecule has 0 aromatic carbocycles. The van der Waals surface area contributed by atoms with Gasteiger partial charge in [-0.05, 0) is 31.4 Å². The summed E-state index contributed by atoms with van der Waals surface area (Å²) in [5.41, 5.74) is -0.754. The zero-order valence-corrected chi connectivity index (χ0v) is 11.1. The molecule has 1 fully saturated rings. The topological polar surface area (TPSA) is 44.1 Å². The third kappa shape index (κ3) is 2.31. The van der Waals surface area contributed by atoms with Gasteiger partial charge in [0.1, 0.15) is 5.41 Å². The molecule has 1 amide bonds. The van der Waals surface area contributed by atoms with E-state index < -0.39 is 5.41 Å². The van der Waals surface area contributed by atoms with Crippen molar-refractivity contribution in [2.24, 2.45) is 5.41 Å². The molecule has 3 nitrogen and oxygen atoms in total. The zero-order chi connectivity index (χ0) is 12.5. The van der Waals surface area contributed by atoms with Crippen LogP contribution in [-0.4, -0.2) is 17.9 Å². The van der Waals surface area contributed by atoms with E-state index in [0.29, 0.717) is 19.4 Å². The number of nitriles is 1. The molecule has 0 saturated heterocycles. The molecule has 0 radical (unpaired) electrons. The Kier molecular flexibility index (Phi) is 3.41. The molecule has 1 heterocycles. The van der Waals surface area contributed by atoms with Crippen molar-refractivity contribution < 1.29 is 4.79 Å². The molecule has 1 aromatic heterocycles. The molecule has 1 aliphatic rings. The first kappa shape index (κ1) is 12.4. The summed E-state index contributed by atoms with van der Waals surface area (Å²) < 4.78 is 0.722. The number of nitrogens with zero attached hydrogens (tertiary/aromatic N) is 2. The minimum absolute atomic E-state index is 0.0595.